The van der Waals surface area contributed by atoms with Crippen LogP contribution in [0, 0.1) is 13.8 Å². The Bertz CT molecular complexity index is 358. The van der Waals surface area contributed by atoms with Gasteiger partial charge < -0.3 is 4.74 Å². The van der Waals surface area contributed by atoms with Gasteiger partial charge in [0.15, 0.2) is 0 Å². The SMILES string of the molecule is CCc1c(C)sc(C)c1CN=NCCOC. The van der Waals surface area contributed by atoms with Crippen molar-refractivity contribution in [2.45, 2.75) is 33.7 Å². The Kier molecular flexibility index (Phi) is 5.63. The van der Waals surface area contributed by atoms with Crippen LogP contribution in [0.15, 0.2) is 10.2 Å². The largest absolute Gasteiger partial charge is 0.383 e. The van der Waals surface area contributed by atoms with Crippen LogP contribution in [0.4, 0.5) is 0 Å². The molecule has 0 aromatic carbocycles. The fraction of sp³-hybridized carbons (Fsp3) is 0.667. The number of nitrogens with zero attached hydrogens (tertiary/aromatic N) is 2. The van der Waals surface area contributed by atoms with Gasteiger partial charge in [0.1, 0.15) is 0 Å². The normalized spacial score (nSPS) is 11.5. The standard InChI is InChI=1S/C12H20N2OS/c1-5-11-9(2)16-10(3)12(11)8-14-13-6-7-15-4/h5-8H2,1-4H3. The molecule has 0 saturated heterocycles. The Morgan fingerprint density at radius 3 is 2.44 bits per heavy atom. The topological polar surface area (TPSA) is 34.0 Å². The van der Waals surface area contributed by atoms with Gasteiger partial charge in [0.25, 0.3) is 0 Å². The molecular formula is C12H20N2OS. The average Bonchev–Trinajstić information content (AvgIpc) is 2.53. The molecule has 0 aliphatic heterocycles. The molecule has 1 aromatic rings. The van der Waals surface area contributed by atoms with Crippen molar-refractivity contribution in [3.05, 3.63) is 20.9 Å². The van der Waals surface area contributed by atoms with Crippen LogP contribution in [0.5, 0.6) is 0 Å². The quantitative estimate of drug-likeness (QED) is 0.553. The van der Waals surface area contributed by atoms with E-state index in [0.29, 0.717) is 19.7 Å². The lowest BCUT2D eigenvalue weighted by molar-refractivity contribution is 0.206. The number of ether oxygens (including phenoxy) is 1. The van der Waals surface area contributed by atoms with Crippen molar-refractivity contribution in [1.29, 1.82) is 0 Å². The lowest BCUT2D eigenvalue weighted by Crippen LogP contribution is -1.93. The Labute approximate surface area is 102 Å². The first-order chi connectivity index (χ1) is 7.70. The van der Waals surface area contributed by atoms with Crippen LogP contribution in [-0.4, -0.2) is 20.3 Å². The molecule has 0 radical (unpaired) electrons. The van der Waals surface area contributed by atoms with Crippen LogP contribution in [0.2, 0.25) is 0 Å². The van der Waals surface area contributed by atoms with E-state index in [1.54, 1.807) is 7.11 Å². The van der Waals surface area contributed by atoms with E-state index < -0.39 is 0 Å². The lowest BCUT2D eigenvalue weighted by Gasteiger charge is -2.00. The summed E-state index contributed by atoms with van der Waals surface area (Å²) in [7, 11) is 1.68. The molecule has 0 saturated carbocycles. The minimum Gasteiger partial charge on any atom is -0.383 e. The van der Waals surface area contributed by atoms with E-state index in [-0.39, 0.29) is 0 Å². The number of methoxy groups -OCH3 is 1. The first kappa shape index (κ1) is 13.3. The van der Waals surface area contributed by atoms with E-state index in [0.717, 1.165) is 6.42 Å². The van der Waals surface area contributed by atoms with Crippen LogP contribution in [0.1, 0.15) is 27.8 Å². The highest BCUT2D eigenvalue weighted by atomic mass is 32.1. The van der Waals surface area contributed by atoms with E-state index in [2.05, 4.69) is 31.0 Å². The Morgan fingerprint density at radius 1 is 1.12 bits per heavy atom. The van der Waals surface area contributed by atoms with Crippen LogP contribution >= 0.6 is 11.3 Å². The molecule has 0 unspecified atom stereocenters. The predicted molar refractivity (Wildman–Crippen MR) is 68.5 cm³/mol. The fourth-order valence-corrected chi connectivity index (χ4v) is 2.93. The van der Waals surface area contributed by atoms with Gasteiger partial charge in [-0.2, -0.15) is 10.2 Å². The minimum absolute atomic E-state index is 0.645. The highest BCUT2D eigenvalue weighted by Crippen LogP contribution is 2.28. The maximum atomic E-state index is 4.92. The zero-order valence-corrected chi connectivity index (χ0v) is 11.4. The molecule has 4 heteroatoms. The molecule has 0 aliphatic rings. The van der Waals surface area contributed by atoms with Crippen molar-refractivity contribution in [3.8, 4) is 0 Å². The van der Waals surface area contributed by atoms with Gasteiger partial charge in [-0.3, -0.25) is 0 Å². The zero-order chi connectivity index (χ0) is 12.0. The Balaban J connectivity index is 2.62. The molecule has 0 spiro atoms. The third-order valence-electron chi connectivity index (χ3n) is 2.60. The second kappa shape index (κ2) is 6.76. The van der Waals surface area contributed by atoms with E-state index in [9.17, 15) is 0 Å². The monoisotopic (exact) mass is 240 g/mol. The minimum atomic E-state index is 0.645. The molecule has 0 N–H and O–H groups in total. The Hall–Kier alpha value is -0.740. The highest BCUT2D eigenvalue weighted by Gasteiger charge is 2.10. The number of aryl methyl sites for hydroxylation is 2. The summed E-state index contributed by atoms with van der Waals surface area (Å²) in [5, 5.41) is 8.30. The zero-order valence-electron chi connectivity index (χ0n) is 10.5. The number of hydrogen-bond acceptors (Lipinski definition) is 4. The predicted octanol–water partition coefficient (Wildman–Crippen LogP) is 3.53. The lowest BCUT2D eigenvalue weighted by atomic mass is 10.1. The highest BCUT2D eigenvalue weighted by molar-refractivity contribution is 7.12. The van der Waals surface area contributed by atoms with Crippen molar-refractivity contribution >= 4 is 11.3 Å². The summed E-state index contributed by atoms with van der Waals surface area (Å²) in [6, 6.07) is 0. The maximum Gasteiger partial charge on any atom is 0.0862 e. The first-order valence-electron chi connectivity index (χ1n) is 5.60. The van der Waals surface area contributed by atoms with E-state index in [4.69, 9.17) is 4.74 Å². The number of azo groups is 1. The maximum absolute atomic E-state index is 4.92. The van der Waals surface area contributed by atoms with Gasteiger partial charge in [-0.05, 0) is 31.4 Å². The summed E-state index contributed by atoms with van der Waals surface area (Å²) in [5.74, 6) is 0. The van der Waals surface area contributed by atoms with Gasteiger partial charge in [0.05, 0.1) is 19.7 Å². The second-order valence-corrected chi connectivity index (χ2v) is 5.11. The summed E-state index contributed by atoms with van der Waals surface area (Å²) in [6.07, 6.45) is 1.08. The van der Waals surface area contributed by atoms with Crippen molar-refractivity contribution in [1.82, 2.24) is 0 Å². The van der Waals surface area contributed by atoms with Crippen LogP contribution in [-0.2, 0) is 17.7 Å². The van der Waals surface area contributed by atoms with Crippen molar-refractivity contribution in [2.75, 3.05) is 20.3 Å². The molecule has 1 aromatic heterocycles. The molecule has 0 fully saturated rings. The van der Waals surface area contributed by atoms with Crippen LogP contribution in [0.25, 0.3) is 0 Å². The summed E-state index contributed by atoms with van der Waals surface area (Å²) in [4.78, 5) is 2.79. The molecule has 0 bridgehead atoms. The number of thiophene rings is 1. The van der Waals surface area contributed by atoms with Crippen molar-refractivity contribution in [3.63, 3.8) is 0 Å². The van der Waals surface area contributed by atoms with Gasteiger partial charge in [0.2, 0.25) is 0 Å². The molecule has 0 amide bonds. The first-order valence-corrected chi connectivity index (χ1v) is 6.42. The molecule has 90 valence electrons. The number of hydrogen-bond donors (Lipinski definition) is 0. The van der Waals surface area contributed by atoms with E-state index in [1.807, 2.05) is 11.3 Å². The summed E-state index contributed by atoms with van der Waals surface area (Å²) in [6.45, 7) is 8.55. The summed E-state index contributed by atoms with van der Waals surface area (Å²) < 4.78 is 4.92. The molecule has 16 heavy (non-hydrogen) atoms. The average molecular weight is 240 g/mol. The molecular weight excluding hydrogens is 220 g/mol. The third kappa shape index (κ3) is 3.39. The molecule has 1 rings (SSSR count). The van der Waals surface area contributed by atoms with Crippen molar-refractivity contribution < 1.29 is 4.74 Å². The molecule has 0 atom stereocenters. The summed E-state index contributed by atoms with van der Waals surface area (Å²) >= 11 is 1.86. The van der Waals surface area contributed by atoms with Crippen LogP contribution < -0.4 is 0 Å². The van der Waals surface area contributed by atoms with Crippen LogP contribution in [0.3, 0.4) is 0 Å². The molecule has 1 heterocycles. The van der Waals surface area contributed by atoms with E-state index in [1.165, 1.54) is 20.9 Å². The van der Waals surface area contributed by atoms with Gasteiger partial charge in [-0.25, -0.2) is 0 Å². The van der Waals surface area contributed by atoms with Gasteiger partial charge in [0, 0.05) is 16.9 Å². The fourth-order valence-electron chi connectivity index (χ4n) is 1.77. The van der Waals surface area contributed by atoms with Gasteiger partial charge in [-0.1, -0.05) is 6.92 Å². The molecule has 0 aliphatic carbocycles. The van der Waals surface area contributed by atoms with Gasteiger partial charge >= 0.3 is 0 Å². The number of rotatable bonds is 6. The second-order valence-electron chi connectivity index (χ2n) is 3.68. The van der Waals surface area contributed by atoms with E-state index >= 15 is 0 Å². The smallest absolute Gasteiger partial charge is 0.0862 e. The molecule has 3 nitrogen and oxygen atoms in total. The Morgan fingerprint density at radius 2 is 1.81 bits per heavy atom. The third-order valence-corrected chi connectivity index (χ3v) is 3.70. The summed E-state index contributed by atoms with van der Waals surface area (Å²) in [5.41, 5.74) is 2.82. The van der Waals surface area contributed by atoms with Gasteiger partial charge in [-0.15, -0.1) is 11.3 Å². The van der Waals surface area contributed by atoms with Crippen molar-refractivity contribution in [2.24, 2.45) is 10.2 Å².